The van der Waals surface area contributed by atoms with Crippen LogP contribution in [0.5, 0.6) is 5.75 Å². The van der Waals surface area contributed by atoms with Crippen LogP contribution >= 0.6 is 0 Å². The standard InChI is InChI=1S/C18H22F2N2O4/c1-21-9-4-7-18(16(24)25)8-10-22(11-14(18)21)15(23)12-5-2-3-6-13(12)26-17(19)20/h2-3,5-6,14,17H,4,7-11H2,1H3,(H,24,25)/t14-,18+/m1/s1. The second-order valence-electron chi connectivity index (χ2n) is 6.94. The quantitative estimate of drug-likeness (QED) is 0.883. The van der Waals surface area contributed by atoms with Crippen molar-refractivity contribution in [3.05, 3.63) is 29.8 Å². The summed E-state index contributed by atoms with van der Waals surface area (Å²) in [5, 5.41) is 9.79. The van der Waals surface area contributed by atoms with Crippen LogP contribution < -0.4 is 4.74 Å². The fourth-order valence-corrected chi connectivity index (χ4v) is 4.18. The zero-order chi connectivity index (χ0) is 18.9. The van der Waals surface area contributed by atoms with E-state index >= 15 is 0 Å². The van der Waals surface area contributed by atoms with Gasteiger partial charge in [-0.15, -0.1) is 0 Å². The summed E-state index contributed by atoms with van der Waals surface area (Å²) in [4.78, 5) is 28.4. The molecule has 2 atom stereocenters. The van der Waals surface area contributed by atoms with Gasteiger partial charge in [0, 0.05) is 19.1 Å². The van der Waals surface area contributed by atoms with E-state index in [2.05, 4.69) is 4.74 Å². The van der Waals surface area contributed by atoms with Crippen molar-refractivity contribution in [3.8, 4) is 5.75 Å². The van der Waals surface area contributed by atoms with Gasteiger partial charge in [0.15, 0.2) is 0 Å². The van der Waals surface area contributed by atoms with Crippen LogP contribution in [-0.4, -0.2) is 66.1 Å². The molecule has 0 spiro atoms. The number of alkyl halides is 2. The Labute approximate surface area is 150 Å². The molecule has 0 unspecified atom stereocenters. The number of halogens is 2. The number of amides is 1. The Kier molecular flexibility index (Phi) is 5.13. The molecule has 2 saturated heterocycles. The number of likely N-dealkylation sites (tertiary alicyclic amines) is 2. The number of likely N-dealkylation sites (N-methyl/N-ethyl adjacent to an activating group) is 1. The summed E-state index contributed by atoms with van der Waals surface area (Å²) in [6.07, 6.45) is 1.74. The maximum atomic E-state index is 12.9. The van der Waals surface area contributed by atoms with Crippen molar-refractivity contribution in [3.63, 3.8) is 0 Å². The Balaban J connectivity index is 1.84. The van der Waals surface area contributed by atoms with Gasteiger partial charge in [-0.3, -0.25) is 9.59 Å². The van der Waals surface area contributed by atoms with Crippen LogP contribution in [0.2, 0.25) is 0 Å². The molecule has 8 heteroatoms. The maximum absolute atomic E-state index is 12.9. The van der Waals surface area contributed by atoms with Crippen molar-refractivity contribution < 1.29 is 28.2 Å². The molecule has 2 aliphatic heterocycles. The molecule has 0 aliphatic carbocycles. The van der Waals surface area contributed by atoms with Crippen LogP contribution in [0.25, 0.3) is 0 Å². The van der Waals surface area contributed by atoms with E-state index in [-0.39, 0.29) is 30.4 Å². The molecule has 2 aliphatic rings. The lowest BCUT2D eigenvalue weighted by atomic mass is 9.68. The summed E-state index contributed by atoms with van der Waals surface area (Å²) in [7, 11) is 1.86. The lowest BCUT2D eigenvalue weighted by molar-refractivity contribution is -0.161. The number of ether oxygens (including phenoxy) is 1. The van der Waals surface area contributed by atoms with Gasteiger partial charge < -0.3 is 19.6 Å². The van der Waals surface area contributed by atoms with Crippen LogP contribution in [0.4, 0.5) is 8.78 Å². The molecule has 2 fully saturated rings. The number of aliphatic carboxylic acids is 1. The van der Waals surface area contributed by atoms with Gasteiger partial charge in [-0.05, 0) is 45.0 Å². The average molecular weight is 368 g/mol. The van der Waals surface area contributed by atoms with Crippen LogP contribution in [0.15, 0.2) is 24.3 Å². The van der Waals surface area contributed by atoms with E-state index in [9.17, 15) is 23.5 Å². The number of carbonyl (C=O) groups is 2. The molecule has 26 heavy (non-hydrogen) atoms. The van der Waals surface area contributed by atoms with Crippen molar-refractivity contribution in [1.82, 2.24) is 9.80 Å². The molecular weight excluding hydrogens is 346 g/mol. The minimum atomic E-state index is -3.02. The number of hydrogen-bond acceptors (Lipinski definition) is 4. The predicted octanol–water partition coefficient (Wildman–Crippen LogP) is 2.30. The summed E-state index contributed by atoms with van der Waals surface area (Å²) < 4.78 is 29.7. The van der Waals surface area contributed by atoms with Gasteiger partial charge in [0.2, 0.25) is 0 Å². The number of hydrogen-bond donors (Lipinski definition) is 1. The largest absolute Gasteiger partial charge is 0.481 e. The first-order chi connectivity index (χ1) is 12.3. The van der Waals surface area contributed by atoms with E-state index in [0.29, 0.717) is 12.8 Å². The minimum absolute atomic E-state index is 0.0640. The third kappa shape index (κ3) is 3.25. The van der Waals surface area contributed by atoms with E-state index in [1.807, 2.05) is 11.9 Å². The molecule has 0 radical (unpaired) electrons. The molecule has 0 aromatic heterocycles. The number of piperidine rings is 2. The third-order valence-corrected chi connectivity index (χ3v) is 5.57. The molecule has 2 heterocycles. The predicted molar refractivity (Wildman–Crippen MR) is 89.3 cm³/mol. The van der Waals surface area contributed by atoms with Gasteiger partial charge in [0.05, 0.1) is 11.0 Å². The summed E-state index contributed by atoms with van der Waals surface area (Å²) in [6, 6.07) is 5.59. The number of carboxylic acid groups (broad SMARTS) is 1. The highest BCUT2D eigenvalue weighted by Crippen LogP contribution is 2.42. The van der Waals surface area contributed by atoms with Gasteiger partial charge >= 0.3 is 12.6 Å². The Morgan fingerprint density at radius 3 is 2.69 bits per heavy atom. The molecule has 0 saturated carbocycles. The maximum Gasteiger partial charge on any atom is 0.387 e. The summed E-state index contributed by atoms with van der Waals surface area (Å²) in [5.41, 5.74) is -0.794. The number of benzene rings is 1. The van der Waals surface area contributed by atoms with Crippen LogP contribution in [0, 0.1) is 5.41 Å². The van der Waals surface area contributed by atoms with E-state index in [1.54, 1.807) is 11.0 Å². The second-order valence-corrected chi connectivity index (χ2v) is 6.94. The van der Waals surface area contributed by atoms with E-state index in [0.717, 1.165) is 13.0 Å². The second kappa shape index (κ2) is 7.19. The third-order valence-electron chi connectivity index (χ3n) is 5.57. The Bertz CT molecular complexity index is 700. The zero-order valence-corrected chi connectivity index (χ0v) is 14.5. The van der Waals surface area contributed by atoms with Crippen molar-refractivity contribution in [2.24, 2.45) is 5.41 Å². The summed E-state index contributed by atoms with van der Waals surface area (Å²) in [6.45, 7) is -1.72. The number of carboxylic acids is 1. The fourth-order valence-electron chi connectivity index (χ4n) is 4.18. The highest BCUT2D eigenvalue weighted by Gasteiger charge is 2.52. The summed E-state index contributed by atoms with van der Waals surface area (Å²) >= 11 is 0. The molecule has 1 amide bonds. The summed E-state index contributed by atoms with van der Waals surface area (Å²) in [5.74, 6) is -1.42. The lowest BCUT2D eigenvalue weighted by Gasteiger charge is -2.51. The van der Waals surface area contributed by atoms with Gasteiger partial charge in [-0.25, -0.2) is 0 Å². The van der Waals surface area contributed by atoms with E-state index in [4.69, 9.17) is 0 Å². The van der Waals surface area contributed by atoms with Crippen molar-refractivity contribution in [2.75, 3.05) is 26.7 Å². The molecule has 142 valence electrons. The smallest absolute Gasteiger partial charge is 0.387 e. The first kappa shape index (κ1) is 18.6. The van der Waals surface area contributed by atoms with E-state index < -0.39 is 23.9 Å². The van der Waals surface area contributed by atoms with Crippen LogP contribution in [0.3, 0.4) is 0 Å². The Morgan fingerprint density at radius 1 is 1.27 bits per heavy atom. The van der Waals surface area contributed by atoms with Crippen molar-refractivity contribution >= 4 is 11.9 Å². The van der Waals surface area contributed by atoms with Gasteiger partial charge in [0.1, 0.15) is 5.75 Å². The first-order valence-electron chi connectivity index (χ1n) is 8.62. The Morgan fingerprint density at radius 2 is 2.00 bits per heavy atom. The highest BCUT2D eigenvalue weighted by atomic mass is 19.3. The first-order valence-corrected chi connectivity index (χ1v) is 8.62. The molecule has 0 bridgehead atoms. The molecule has 3 rings (SSSR count). The number of para-hydroxylation sites is 1. The molecular formula is C18H22F2N2O4. The number of fused-ring (bicyclic) bond motifs is 1. The Hall–Kier alpha value is -2.22. The number of carbonyl (C=O) groups excluding carboxylic acids is 1. The molecule has 1 aromatic rings. The number of nitrogens with zero attached hydrogens (tertiary/aromatic N) is 2. The molecule has 1 N–H and O–H groups in total. The monoisotopic (exact) mass is 368 g/mol. The van der Waals surface area contributed by atoms with Gasteiger partial charge in [-0.2, -0.15) is 8.78 Å². The van der Waals surface area contributed by atoms with Gasteiger partial charge in [0.25, 0.3) is 5.91 Å². The van der Waals surface area contributed by atoms with E-state index in [1.165, 1.54) is 18.2 Å². The zero-order valence-electron chi connectivity index (χ0n) is 14.5. The fraction of sp³-hybridized carbons (Fsp3) is 0.556. The van der Waals surface area contributed by atoms with Crippen molar-refractivity contribution in [2.45, 2.75) is 31.9 Å². The highest BCUT2D eigenvalue weighted by molar-refractivity contribution is 5.97. The number of rotatable bonds is 4. The normalized spacial score (nSPS) is 26.5. The van der Waals surface area contributed by atoms with Crippen LogP contribution in [0.1, 0.15) is 29.6 Å². The van der Waals surface area contributed by atoms with Crippen LogP contribution in [-0.2, 0) is 4.79 Å². The van der Waals surface area contributed by atoms with Crippen molar-refractivity contribution in [1.29, 1.82) is 0 Å². The van der Waals surface area contributed by atoms with Gasteiger partial charge in [-0.1, -0.05) is 12.1 Å². The SMILES string of the molecule is CN1CCC[C@]2(C(=O)O)CCN(C(=O)c3ccccc3OC(F)F)C[C@@H]12. The minimum Gasteiger partial charge on any atom is -0.481 e. The molecule has 1 aromatic carbocycles. The topological polar surface area (TPSA) is 70.1 Å². The lowest BCUT2D eigenvalue weighted by Crippen LogP contribution is -2.63. The average Bonchev–Trinajstić information content (AvgIpc) is 2.61. The molecule has 6 nitrogen and oxygen atoms in total.